The highest BCUT2D eigenvalue weighted by atomic mass is 16.3. The lowest BCUT2D eigenvalue weighted by Gasteiger charge is -2.24. The molecule has 0 atom stereocenters. The highest BCUT2D eigenvalue weighted by Gasteiger charge is 2.27. The second-order valence-corrected chi connectivity index (χ2v) is 9.23. The van der Waals surface area contributed by atoms with Gasteiger partial charge < -0.3 is 15.0 Å². The quantitative estimate of drug-likeness (QED) is 0.388. The third-order valence-electron chi connectivity index (χ3n) is 6.04. The van der Waals surface area contributed by atoms with Gasteiger partial charge in [0, 0.05) is 35.7 Å². The average molecular weight is 460 g/mol. The molecule has 0 bridgehead atoms. The van der Waals surface area contributed by atoms with Crippen molar-refractivity contribution in [2.45, 2.75) is 44.7 Å². The SMILES string of the molecule is CC(C)(CO)n1cc(C(=O)c2cncc(NC(=O)Cn3cc(C4CC4)cn3)c2)c2cncnc21. The van der Waals surface area contributed by atoms with Crippen molar-refractivity contribution in [1.29, 1.82) is 0 Å². The third kappa shape index (κ3) is 4.19. The summed E-state index contributed by atoms with van der Waals surface area (Å²) in [5.41, 5.74) is 2.19. The number of ketones is 1. The molecule has 1 amide bonds. The van der Waals surface area contributed by atoms with Gasteiger partial charge in [0.2, 0.25) is 5.91 Å². The fourth-order valence-corrected chi connectivity index (χ4v) is 3.91. The van der Waals surface area contributed by atoms with Crippen LogP contribution in [0.4, 0.5) is 5.69 Å². The Labute approximate surface area is 195 Å². The van der Waals surface area contributed by atoms with Crippen LogP contribution >= 0.6 is 0 Å². The molecule has 1 aliphatic carbocycles. The molecule has 0 unspecified atom stereocenters. The summed E-state index contributed by atoms with van der Waals surface area (Å²) in [6.07, 6.45) is 13.7. The molecule has 174 valence electrons. The molecule has 0 saturated heterocycles. The summed E-state index contributed by atoms with van der Waals surface area (Å²) >= 11 is 0. The Bertz CT molecular complexity index is 1380. The highest BCUT2D eigenvalue weighted by molar-refractivity contribution is 6.16. The van der Waals surface area contributed by atoms with Gasteiger partial charge in [0.05, 0.1) is 35.8 Å². The molecule has 4 aromatic heterocycles. The van der Waals surface area contributed by atoms with E-state index in [1.54, 1.807) is 27.7 Å². The smallest absolute Gasteiger partial charge is 0.246 e. The molecule has 4 aromatic rings. The standard InChI is InChI=1S/C24H25N7O3/c1-24(2,13-32)31-11-20(19-9-26-14-27-23(19)31)22(34)16-5-18(8-25-6-16)29-21(33)12-30-10-17(7-28-30)15-3-4-15/h5-11,14-15,32H,3-4,12-13H2,1-2H3,(H,29,33). The van der Waals surface area contributed by atoms with Crippen LogP contribution in [0.1, 0.15) is 54.1 Å². The molecule has 10 nitrogen and oxygen atoms in total. The van der Waals surface area contributed by atoms with Crippen LogP contribution in [-0.2, 0) is 16.9 Å². The molecule has 1 saturated carbocycles. The zero-order valence-corrected chi connectivity index (χ0v) is 19.0. The molecule has 4 heterocycles. The fourth-order valence-electron chi connectivity index (χ4n) is 3.91. The Morgan fingerprint density at radius 2 is 1.97 bits per heavy atom. The van der Waals surface area contributed by atoms with Gasteiger partial charge in [0.1, 0.15) is 18.5 Å². The van der Waals surface area contributed by atoms with E-state index in [9.17, 15) is 14.7 Å². The second kappa shape index (κ2) is 8.45. The van der Waals surface area contributed by atoms with Crippen molar-refractivity contribution in [3.63, 3.8) is 0 Å². The first kappa shape index (κ1) is 21.9. The van der Waals surface area contributed by atoms with Crippen molar-refractivity contribution in [3.05, 3.63) is 66.3 Å². The van der Waals surface area contributed by atoms with Gasteiger partial charge in [-0.3, -0.25) is 19.3 Å². The summed E-state index contributed by atoms with van der Waals surface area (Å²) in [6.45, 7) is 3.66. The van der Waals surface area contributed by atoms with Crippen molar-refractivity contribution in [2.24, 2.45) is 0 Å². The van der Waals surface area contributed by atoms with Gasteiger partial charge in [-0.15, -0.1) is 0 Å². The van der Waals surface area contributed by atoms with Gasteiger partial charge in [-0.2, -0.15) is 5.10 Å². The largest absolute Gasteiger partial charge is 0.394 e. The molecule has 34 heavy (non-hydrogen) atoms. The predicted octanol–water partition coefficient (Wildman–Crippen LogP) is 2.50. The normalized spacial score (nSPS) is 13.9. The molecule has 1 aliphatic rings. The average Bonchev–Trinajstić information content (AvgIpc) is 3.45. The number of nitrogens with one attached hydrogen (secondary N) is 1. The van der Waals surface area contributed by atoms with Gasteiger partial charge in [-0.1, -0.05) is 0 Å². The van der Waals surface area contributed by atoms with Crippen LogP contribution in [0.3, 0.4) is 0 Å². The molecular weight excluding hydrogens is 434 g/mol. The Kier molecular flexibility index (Phi) is 5.45. The summed E-state index contributed by atoms with van der Waals surface area (Å²) in [7, 11) is 0. The number of hydrogen-bond donors (Lipinski definition) is 2. The van der Waals surface area contributed by atoms with E-state index in [0.717, 1.165) is 5.56 Å². The second-order valence-electron chi connectivity index (χ2n) is 9.23. The zero-order chi connectivity index (χ0) is 23.9. The number of aromatic nitrogens is 6. The molecule has 1 fully saturated rings. The first-order chi connectivity index (χ1) is 16.4. The topological polar surface area (TPSA) is 128 Å². The van der Waals surface area contributed by atoms with Crippen molar-refractivity contribution in [3.8, 4) is 0 Å². The zero-order valence-electron chi connectivity index (χ0n) is 19.0. The maximum absolute atomic E-state index is 13.4. The van der Waals surface area contributed by atoms with Crippen LogP contribution in [0.25, 0.3) is 11.0 Å². The van der Waals surface area contributed by atoms with E-state index in [-0.39, 0.29) is 24.8 Å². The van der Waals surface area contributed by atoms with E-state index in [0.29, 0.717) is 33.8 Å². The van der Waals surface area contributed by atoms with Crippen molar-refractivity contribution < 1.29 is 14.7 Å². The number of amides is 1. The van der Waals surface area contributed by atoms with E-state index < -0.39 is 5.54 Å². The van der Waals surface area contributed by atoms with Gasteiger partial charge >= 0.3 is 0 Å². The van der Waals surface area contributed by atoms with Crippen LogP contribution < -0.4 is 5.32 Å². The minimum Gasteiger partial charge on any atom is -0.394 e. The Hall–Kier alpha value is -3.92. The molecule has 0 spiro atoms. The number of aliphatic hydroxyl groups is 1. The molecule has 0 aliphatic heterocycles. The molecule has 0 radical (unpaired) electrons. The maximum Gasteiger partial charge on any atom is 0.246 e. The van der Waals surface area contributed by atoms with E-state index in [1.807, 2.05) is 26.2 Å². The number of rotatable bonds is 8. The number of carbonyl (C=O) groups is 2. The Balaban J connectivity index is 1.37. The summed E-state index contributed by atoms with van der Waals surface area (Å²) in [6, 6.07) is 1.59. The van der Waals surface area contributed by atoms with Crippen LogP contribution in [0.2, 0.25) is 0 Å². The summed E-state index contributed by atoms with van der Waals surface area (Å²) in [5, 5.41) is 17.4. The van der Waals surface area contributed by atoms with Crippen molar-refractivity contribution in [1.82, 2.24) is 29.3 Å². The minimum absolute atomic E-state index is 0.0754. The van der Waals surface area contributed by atoms with Crippen LogP contribution in [0.5, 0.6) is 0 Å². The number of fused-ring (bicyclic) bond motifs is 1. The maximum atomic E-state index is 13.4. The lowest BCUT2D eigenvalue weighted by atomic mass is 10.1. The number of aliphatic hydroxyl groups excluding tert-OH is 1. The first-order valence-corrected chi connectivity index (χ1v) is 11.1. The van der Waals surface area contributed by atoms with Gasteiger partial charge in [0.15, 0.2) is 5.78 Å². The number of hydrogen-bond acceptors (Lipinski definition) is 7. The number of carbonyl (C=O) groups excluding carboxylic acids is 2. The fraction of sp³-hybridized carbons (Fsp3) is 0.333. The van der Waals surface area contributed by atoms with Crippen molar-refractivity contribution in [2.75, 3.05) is 11.9 Å². The lowest BCUT2D eigenvalue weighted by molar-refractivity contribution is -0.116. The van der Waals surface area contributed by atoms with Gasteiger partial charge in [0.25, 0.3) is 0 Å². The Morgan fingerprint density at radius 1 is 1.15 bits per heavy atom. The Morgan fingerprint density at radius 3 is 2.74 bits per heavy atom. The third-order valence-corrected chi connectivity index (χ3v) is 6.04. The minimum atomic E-state index is -0.662. The van der Waals surface area contributed by atoms with Crippen LogP contribution in [0.15, 0.2) is 49.6 Å². The van der Waals surface area contributed by atoms with Crippen LogP contribution in [-0.4, -0.2) is 52.7 Å². The summed E-state index contributed by atoms with van der Waals surface area (Å²) in [5.74, 6) is 0.0339. The van der Waals surface area contributed by atoms with E-state index in [1.165, 1.54) is 31.6 Å². The molecule has 2 N–H and O–H groups in total. The van der Waals surface area contributed by atoms with Crippen molar-refractivity contribution >= 4 is 28.4 Å². The summed E-state index contributed by atoms with van der Waals surface area (Å²) < 4.78 is 3.39. The predicted molar refractivity (Wildman–Crippen MR) is 124 cm³/mol. The van der Waals surface area contributed by atoms with E-state index in [2.05, 4.69) is 25.4 Å². The summed E-state index contributed by atoms with van der Waals surface area (Å²) in [4.78, 5) is 38.4. The lowest BCUT2D eigenvalue weighted by Crippen LogP contribution is -2.30. The number of nitrogens with zero attached hydrogens (tertiary/aromatic N) is 6. The van der Waals surface area contributed by atoms with Gasteiger partial charge in [-0.25, -0.2) is 9.97 Å². The number of pyridine rings is 1. The van der Waals surface area contributed by atoms with E-state index >= 15 is 0 Å². The molecular formula is C24H25N7O3. The molecule has 0 aromatic carbocycles. The van der Waals surface area contributed by atoms with E-state index in [4.69, 9.17) is 0 Å². The molecule has 5 rings (SSSR count). The molecule has 10 heteroatoms. The first-order valence-electron chi connectivity index (χ1n) is 11.1. The monoisotopic (exact) mass is 459 g/mol. The highest BCUT2D eigenvalue weighted by Crippen LogP contribution is 2.39. The van der Waals surface area contributed by atoms with Crippen LogP contribution in [0, 0.1) is 0 Å². The van der Waals surface area contributed by atoms with Gasteiger partial charge in [-0.05, 0) is 44.2 Å². The number of anilines is 1.